The lowest BCUT2D eigenvalue weighted by Crippen LogP contribution is -2.40. The highest BCUT2D eigenvalue weighted by molar-refractivity contribution is 5.87. The average Bonchev–Trinajstić information content (AvgIpc) is 3.03. The summed E-state index contributed by atoms with van der Waals surface area (Å²) in [6.45, 7) is 2.51. The van der Waals surface area contributed by atoms with Gasteiger partial charge in [-0.2, -0.15) is 0 Å². The van der Waals surface area contributed by atoms with Gasteiger partial charge in [-0.15, -0.1) is 0 Å². The number of carbonyl (C=O) groups is 1. The molecule has 0 radical (unpaired) electrons. The highest BCUT2D eigenvalue weighted by Crippen LogP contribution is 2.29. The number of aromatic carboxylic acids is 1. The van der Waals surface area contributed by atoms with Crippen molar-refractivity contribution in [2.45, 2.75) is 51.0 Å². The second-order valence-electron chi connectivity index (χ2n) is 6.62. The van der Waals surface area contributed by atoms with Gasteiger partial charge in [-0.3, -0.25) is 0 Å². The van der Waals surface area contributed by atoms with Crippen molar-refractivity contribution in [2.75, 3.05) is 13.1 Å². The number of carboxylic acid groups (broad SMARTS) is 1. The molecule has 1 aromatic rings. The third kappa shape index (κ3) is 3.65. The zero-order valence-electron chi connectivity index (χ0n) is 12.6. The summed E-state index contributed by atoms with van der Waals surface area (Å²) in [7, 11) is 0. The van der Waals surface area contributed by atoms with Crippen molar-refractivity contribution in [2.24, 2.45) is 5.92 Å². The van der Waals surface area contributed by atoms with E-state index < -0.39 is 5.97 Å². The number of nitrogens with zero attached hydrogens (tertiary/aromatic N) is 1. The van der Waals surface area contributed by atoms with Gasteiger partial charge in [0.25, 0.3) is 0 Å². The first-order valence-electron chi connectivity index (χ1n) is 8.28. The van der Waals surface area contributed by atoms with E-state index in [0.717, 1.165) is 18.4 Å². The lowest BCUT2D eigenvalue weighted by molar-refractivity contribution is 0.0697. The summed E-state index contributed by atoms with van der Waals surface area (Å²) in [5.74, 6) is -0.0789. The number of piperidine rings is 1. The molecule has 3 heteroatoms. The molecule has 3 nitrogen and oxygen atoms in total. The number of hydrogen-bond donors (Lipinski definition) is 1. The van der Waals surface area contributed by atoms with Crippen molar-refractivity contribution in [3.05, 3.63) is 35.4 Å². The first-order chi connectivity index (χ1) is 10.2. The fraction of sp³-hybridized carbons (Fsp3) is 0.611. The van der Waals surface area contributed by atoms with Gasteiger partial charge in [0.2, 0.25) is 0 Å². The van der Waals surface area contributed by atoms with E-state index in [2.05, 4.69) is 4.90 Å². The van der Waals surface area contributed by atoms with Crippen LogP contribution >= 0.6 is 0 Å². The molecule has 1 aromatic carbocycles. The second kappa shape index (κ2) is 6.61. The minimum Gasteiger partial charge on any atom is -0.478 e. The summed E-state index contributed by atoms with van der Waals surface area (Å²) < 4.78 is 0. The van der Waals surface area contributed by atoms with E-state index in [4.69, 9.17) is 5.11 Å². The molecule has 1 N–H and O–H groups in total. The Morgan fingerprint density at radius 2 is 1.67 bits per heavy atom. The number of hydrogen-bond acceptors (Lipinski definition) is 2. The number of benzene rings is 1. The van der Waals surface area contributed by atoms with Crippen LogP contribution in [-0.4, -0.2) is 35.1 Å². The minimum absolute atomic E-state index is 0.384. The van der Waals surface area contributed by atoms with Crippen LogP contribution in [-0.2, 0) is 6.42 Å². The van der Waals surface area contributed by atoms with Crippen LogP contribution in [0.2, 0.25) is 0 Å². The predicted octanol–water partition coefficient (Wildman–Crippen LogP) is 3.58. The number of likely N-dealkylation sites (tertiary alicyclic amines) is 1. The first-order valence-corrected chi connectivity index (χ1v) is 8.28. The van der Waals surface area contributed by atoms with Crippen LogP contribution in [0.4, 0.5) is 0 Å². The largest absolute Gasteiger partial charge is 0.478 e. The van der Waals surface area contributed by atoms with Crippen molar-refractivity contribution in [3.63, 3.8) is 0 Å². The molecule has 0 bridgehead atoms. The molecule has 0 atom stereocenters. The van der Waals surface area contributed by atoms with Gasteiger partial charge in [0.1, 0.15) is 0 Å². The summed E-state index contributed by atoms with van der Waals surface area (Å²) in [6, 6.07) is 8.27. The molecule has 0 spiro atoms. The molecule has 0 unspecified atom stereocenters. The molecular formula is C18H25NO2. The van der Waals surface area contributed by atoms with Gasteiger partial charge in [-0.05, 0) is 68.8 Å². The van der Waals surface area contributed by atoms with Crippen LogP contribution < -0.4 is 0 Å². The van der Waals surface area contributed by atoms with Crippen molar-refractivity contribution < 1.29 is 9.90 Å². The maximum atomic E-state index is 10.9. The summed E-state index contributed by atoms with van der Waals surface area (Å²) in [5.41, 5.74) is 1.66. The Balaban J connectivity index is 1.49. The van der Waals surface area contributed by atoms with Gasteiger partial charge in [-0.1, -0.05) is 25.0 Å². The lowest BCUT2D eigenvalue weighted by atomic mass is 9.89. The molecule has 2 fully saturated rings. The van der Waals surface area contributed by atoms with E-state index in [0.29, 0.717) is 5.56 Å². The zero-order valence-corrected chi connectivity index (χ0v) is 12.6. The van der Waals surface area contributed by atoms with Crippen LogP contribution in [0, 0.1) is 5.92 Å². The van der Waals surface area contributed by atoms with Gasteiger partial charge in [0.05, 0.1) is 5.56 Å². The SMILES string of the molecule is O=C(O)c1ccc(CC2CCN(C3CCCC3)CC2)cc1. The maximum absolute atomic E-state index is 10.9. The Morgan fingerprint density at radius 3 is 2.24 bits per heavy atom. The molecule has 1 saturated heterocycles. The van der Waals surface area contributed by atoms with Crippen LogP contribution in [0.5, 0.6) is 0 Å². The van der Waals surface area contributed by atoms with E-state index in [9.17, 15) is 4.79 Å². The predicted molar refractivity (Wildman–Crippen MR) is 83.7 cm³/mol. The highest BCUT2D eigenvalue weighted by atomic mass is 16.4. The van der Waals surface area contributed by atoms with Crippen LogP contribution in [0.25, 0.3) is 0 Å². The molecule has 2 aliphatic rings. The topological polar surface area (TPSA) is 40.5 Å². The van der Waals surface area contributed by atoms with Gasteiger partial charge in [-0.25, -0.2) is 4.79 Å². The molecule has 1 aliphatic heterocycles. The first kappa shape index (κ1) is 14.6. The van der Waals surface area contributed by atoms with Crippen LogP contribution in [0.15, 0.2) is 24.3 Å². The van der Waals surface area contributed by atoms with E-state index in [1.165, 1.54) is 57.2 Å². The summed E-state index contributed by atoms with van der Waals surface area (Å²) in [6.07, 6.45) is 9.32. The third-order valence-electron chi connectivity index (χ3n) is 5.22. The molecular weight excluding hydrogens is 262 g/mol. The fourth-order valence-electron chi connectivity index (χ4n) is 3.91. The van der Waals surface area contributed by atoms with Gasteiger partial charge in [0, 0.05) is 6.04 Å². The van der Waals surface area contributed by atoms with Crippen molar-refractivity contribution in [3.8, 4) is 0 Å². The van der Waals surface area contributed by atoms with Crippen molar-refractivity contribution in [1.29, 1.82) is 0 Å². The molecule has 3 rings (SSSR count). The smallest absolute Gasteiger partial charge is 0.335 e. The fourth-order valence-corrected chi connectivity index (χ4v) is 3.91. The van der Waals surface area contributed by atoms with E-state index >= 15 is 0 Å². The van der Waals surface area contributed by atoms with Crippen molar-refractivity contribution >= 4 is 5.97 Å². The van der Waals surface area contributed by atoms with Gasteiger partial charge < -0.3 is 10.0 Å². The van der Waals surface area contributed by atoms with Crippen molar-refractivity contribution in [1.82, 2.24) is 4.90 Å². The molecule has 0 aromatic heterocycles. The average molecular weight is 287 g/mol. The summed E-state index contributed by atoms with van der Waals surface area (Å²) in [5, 5.41) is 8.92. The maximum Gasteiger partial charge on any atom is 0.335 e. The van der Waals surface area contributed by atoms with Crippen LogP contribution in [0.3, 0.4) is 0 Å². The molecule has 114 valence electrons. The Hall–Kier alpha value is -1.35. The van der Waals surface area contributed by atoms with E-state index in [1.54, 1.807) is 12.1 Å². The number of carboxylic acids is 1. The molecule has 0 amide bonds. The third-order valence-corrected chi connectivity index (χ3v) is 5.22. The highest BCUT2D eigenvalue weighted by Gasteiger charge is 2.26. The van der Waals surface area contributed by atoms with Gasteiger partial charge >= 0.3 is 5.97 Å². The summed E-state index contributed by atoms with van der Waals surface area (Å²) >= 11 is 0. The molecule has 1 heterocycles. The van der Waals surface area contributed by atoms with Crippen LogP contribution in [0.1, 0.15) is 54.4 Å². The lowest BCUT2D eigenvalue weighted by Gasteiger charge is -2.36. The van der Waals surface area contributed by atoms with Gasteiger partial charge in [0.15, 0.2) is 0 Å². The Bertz CT molecular complexity index is 468. The second-order valence-corrected chi connectivity index (χ2v) is 6.62. The standard InChI is InChI=1S/C18H25NO2/c20-18(21)16-7-5-14(6-8-16)13-15-9-11-19(12-10-15)17-3-1-2-4-17/h5-8,15,17H,1-4,9-13H2,(H,20,21). The quantitative estimate of drug-likeness (QED) is 0.920. The summed E-state index contributed by atoms with van der Waals surface area (Å²) in [4.78, 5) is 13.6. The molecule has 21 heavy (non-hydrogen) atoms. The Kier molecular flexibility index (Phi) is 4.59. The Morgan fingerprint density at radius 1 is 1.05 bits per heavy atom. The van der Waals surface area contributed by atoms with E-state index in [-0.39, 0.29) is 0 Å². The Labute approximate surface area is 127 Å². The zero-order chi connectivity index (χ0) is 14.7. The molecule has 1 aliphatic carbocycles. The monoisotopic (exact) mass is 287 g/mol. The minimum atomic E-state index is -0.841. The molecule has 1 saturated carbocycles. The number of rotatable bonds is 4. The normalized spacial score (nSPS) is 21.7. The van der Waals surface area contributed by atoms with E-state index in [1.807, 2.05) is 12.1 Å².